The van der Waals surface area contributed by atoms with Crippen LogP contribution in [0.1, 0.15) is 46.8 Å². The van der Waals surface area contributed by atoms with Crippen molar-refractivity contribution in [1.82, 2.24) is 9.78 Å². The summed E-state index contributed by atoms with van der Waals surface area (Å²) in [7, 11) is 1.80. The molecular formula is C15H16N2O. The number of hydrogen-bond acceptors (Lipinski definition) is 2. The van der Waals surface area contributed by atoms with Gasteiger partial charge in [-0.2, -0.15) is 5.10 Å². The number of nitrogens with zero attached hydrogens (tertiary/aromatic N) is 2. The zero-order valence-corrected chi connectivity index (χ0v) is 10.5. The molecule has 1 fully saturated rings. The first kappa shape index (κ1) is 11.2. The first-order valence-corrected chi connectivity index (χ1v) is 6.39. The van der Waals surface area contributed by atoms with Gasteiger partial charge in [0.25, 0.3) is 0 Å². The smallest absolute Gasteiger partial charge is 0.211 e. The third-order valence-corrected chi connectivity index (χ3v) is 3.80. The molecule has 0 spiro atoms. The molecule has 0 atom stereocenters. The van der Waals surface area contributed by atoms with Crippen LogP contribution in [0, 0.1) is 0 Å². The highest BCUT2D eigenvalue weighted by Gasteiger charge is 2.25. The number of carbonyl (C=O) groups excluding carboxylic acids is 1. The fourth-order valence-electron chi connectivity index (χ4n) is 2.51. The van der Waals surface area contributed by atoms with Gasteiger partial charge in [-0.1, -0.05) is 30.7 Å². The summed E-state index contributed by atoms with van der Waals surface area (Å²) in [5.74, 6) is 0.649. The molecule has 1 aliphatic carbocycles. The molecule has 18 heavy (non-hydrogen) atoms. The fourth-order valence-corrected chi connectivity index (χ4v) is 2.51. The fraction of sp³-hybridized carbons (Fsp3) is 0.333. The molecule has 0 aliphatic heterocycles. The van der Waals surface area contributed by atoms with Crippen molar-refractivity contribution in [3.8, 4) is 0 Å². The zero-order valence-electron chi connectivity index (χ0n) is 10.5. The molecule has 1 aromatic heterocycles. The molecule has 1 saturated carbocycles. The second-order valence-corrected chi connectivity index (χ2v) is 4.88. The van der Waals surface area contributed by atoms with Gasteiger partial charge in [0.1, 0.15) is 5.69 Å². The number of ketones is 1. The van der Waals surface area contributed by atoms with Gasteiger partial charge in [-0.15, -0.1) is 0 Å². The van der Waals surface area contributed by atoms with Crippen LogP contribution >= 0.6 is 0 Å². The van der Waals surface area contributed by atoms with Gasteiger partial charge in [-0.25, -0.2) is 0 Å². The van der Waals surface area contributed by atoms with E-state index in [1.807, 2.05) is 18.2 Å². The Bertz CT molecular complexity index is 582. The zero-order chi connectivity index (χ0) is 12.5. The van der Waals surface area contributed by atoms with Gasteiger partial charge in [0, 0.05) is 18.8 Å². The Hall–Kier alpha value is -1.90. The molecule has 3 heteroatoms. The lowest BCUT2D eigenvalue weighted by atomic mass is 9.77. The molecule has 1 aliphatic rings. The number of benzene rings is 1. The second-order valence-electron chi connectivity index (χ2n) is 4.88. The van der Waals surface area contributed by atoms with Crippen molar-refractivity contribution >= 4 is 5.78 Å². The van der Waals surface area contributed by atoms with Crippen molar-refractivity contribution < 1.29 is 4.79 Å². The molecule has 1 aromatic carbocycles. The van der Waals surface area contributed by atoms with Gasteiger partial charge >= 0.3 is 0 Å². The Labute approximate surface area is 106 Å². The number of aryl methyl sites for hydroxylation is 1. The largest absolute Gasteiger partial charge is 0.287 e. The molecule has 0 saturated heterocycles. The summed E-state index contributed by atoms with van der Waals surface area (Å²) in [6, 6.07) is 9.76. The van der Waals surface area contributed by atoms with Crippen LogP contribution in [0.5, 0.6) is 0 Å². The van der Waals surface area contributed by atoms with E-state index < -0.39 is 0 Å². The number of rotatable bonds is 3. The third kappa shape index (κ3) is 1.76. The lowest BCUT2D eigenvalue weighted by Gasteiger charge is -2.27. The molecule has 2 aromatic rings. The molecule has 92 valence electrons. The highest BCUT2D eigenvalue weighted by Crippen LogP contribution is 2.38. The quantitative estimate of drug-likeness (QED) is 0.773. The van der Waals surface area contributed by atoms with Crippen molar-refractivity contribution in [2.45, 2.75) is 25.2 Å². The monoisotopic (exact) mass is 240 g/mol. The van der Waals surface area contributed by atoms with Crippen LogP contribution in [-0.4, -0.2) is 15.6 Å². The molecule has 0 N–H and O–H groups in total. The van der Waals surface area contributed by atoms with Crippen LogP contribution in [0.2, 0.25) is 0 Å². The van der Waals surface area contributed by atoms with E-state index in [0.29, 0.717) is 11.6 Å². The van der Waals surface area contributed by atoms with Crippen molar-refractivity contribution in [3.63, 3.8) is 0 Å². The normalized spacial score (nSPS) is 15.4. The van der Waals surface area contributed by atoms with Gasteiger partial charge in [0.15, 0.2) is 0 Å². The van der Waals surface area contributed by atoms with Crippen molar-refractivity contribution in [2.75, 3.05) is 0 Å². The van der Waals surface area contributed by atoms with E-state index in [1.165, 1.54) is 24.8 Å². The minimum atomic E-state index is 0.0810. The van der Waals surface area contributed by atoms with Crippen molar-refractivity contribution in [3.05, 3.63) is 53.3 Å². The molecule has 1 heterocycles. The minimum Gasteiger partial charge on any atom is -0.287 e. The van der Waals surface area contributed by atoms with Gasteiger partial charge < -0.3 is 0 Å². The van der Waals surface area contributed by atoms with Crippen LogP contribution in [0.25, 0.3) is 0 Å². The Morgan fingerprint density at radius 2 is 2.06 bits per heavy atom. The predicted molar refractivity (Wildman–Crippen MR) is 69.7 cm³/mol. The first-order valence-electron chi connectivity index (χ1n) is 6.39. The number of carbonyl (C=O) groups is 1. The van der Waals surface area contributed by atoms with Gasteiger partial charge in [0.2, 0.25) is 5.78 Å². The molecule has 3 nitrogen and oxygen atoms in total. The van der Waals surface area contributed by atoms with E-state index in [4.69, 9.17) is 0 Å². The summed E-state index contributed by atoms with van der Waals surface area (Å²) in [4.78, 5) is 12.5. The summed E-state index contributed by atoms with van der Waals surface area (Å²) in [5.41, 5.74) is 2.70. The maximum Gasteiger partial charge on any atom is 0.211 e. The van der Waals surface area contributed by atoms with Crippen LogP contribution < -0.4 is 0 Å². The predicted octanol–water partition coefficient (Wildman–Crippen LogP) is 2.92. The first-order chi connectivity index (χ1) is 8.77. The van der Waals surface area contributed by atoms with E-state index in [9.17, 15) is 4.79 Å². The molecule has 0 amide bonds. The number of hydrogen-bond donors (Lipinski definition) is 0. The van der Waals surface area contributed by atoms with Crippen LogP contribution in [0.4, 0.5) is 0 Å². The van der Waals surface area contributed by atoms with Crippen molar-refractivity contribution in [1.29, 1.82) is 0 Å². The van der Waals surface area contributed by atoms with E-state index in [-0.39, 0.29) is 5.78 Å². The molecular weight excluding hydrogens is 224 g/mol. The Kier molecular flexibility index (Phi) is 2.74. The summed E-state index contributed by atoms with van der Waals surface area (Å²) >= 11 is 0. The van der Waals surface area contributed by atoms with E-state index in [2.05, 4.69) is 11.2 Å². The lowest BCUT2D eigenvalue weighted by molar-refractivity contribution is 0.102. The van der Waals surface area contributed by atoms with Gasteiger partial charge in [0.05, 0.1) is 0 Å². The van der Waals surface area contributed by atoms with E-state index in [1.54, 1.807) is 24.0 Å². The van der Waals surface area contributed by atoms with Crippen LogP contribution in [0.15, 0.2) is 36.5 Å². The Morgan fingerprint density at radius 1 is 1.28 bits per heavy atom. The number of aromatic nitrogens is 2. The average molecular weight is 240 g/mol. The SMILES string of the molecule is Cn1nccc1C(=O)c1ccccc1C1CCC1. The molecule has 0 radical (unpaired) electrons. The van der Waals surface area contributed by atoms with Crippen LogP contribution in [-0.2, 0) is 7.05 Å². The molecule has 3 rings (SSSR count). The van der Waals surface area contributed by atoms with E-state index in [0.717, 1.165) is 5.56 Å². The Morgan fingerprint density at radius 3 is 2.67 bits per heavy atom. The highest BCUT2D eigenvalue weighted by molar-refractivity contribution is 6.08. The summed E-state index contributed by atoms with van der Waals surface area (Å²) < 4.78 is 1.64. The lowest BCUT2D eigenvalue weighted by Crippen LogP contribution is -2.16. The third-order valence-electron chi connectivity index (χ3n) is 3.80. The minimum absolute atomic E-state index is 0.0810. The maximum absolute atomic E-state index is 12.5. The summed E-state index contributed by atoms with van der Waals surface area (Å²) in [6.07, 6.45) is 5.35. The topological polar surface area (TPSA) is 34.9 Å². The average Bonchev–Trinajstić information content (AvgIpc) is 2.73. The highest BCUT2D eigenvalue weighted by atomic mass is 16.1. The standard InChI is InChI=1S/C15H16N2O/c1-17-14(9-10-16-17)15(18)13-8-3-2-7-12(13)11-5-4-6-11/h2-3,7-11H,4-6H2,1H3. The van der Waals surface area contributed by atoms with Crippen molar-refractivity contribution in [2.24, 2.45) is 7.05 Å². The molecule has 0 bridgehead atoms. The second kappa shape index (κ2) is 4.41. The van der Waals surface area contributed by atoms with E-state index >= 15 is 0 Å². The maximum atomic E-state index is 12.5. The van der Waals surface area contributed by atoms with Gasteiger partial charge in [-0.05, 0) is 30.4 Å². The summed E-state index contributed by atoms with van der Waals surface area (Å²) in [6.45, 7) is 0. The van der Waals surface area contributed by atoms with Crippen LogP contribution in [0.3, 0.4) is 0 Å². The van der Waals surface area contributed by atoms with Gasteiger partial charge in [-0.3, -0.25) is 9.48 Å². The Balaban J connectivity index is 2.01. The summed E-state index contributed by atoms with van der Waals surface area (Å²) in [5, 5.41) is 4.07. The molecule has 0 unspecified atom stereocenters.